The van der Waals surface area contributed by atoms with Crippen molar-refractivity contribution in [2.75, 3.05) is 6.61 Å². The zero-order valence-electron chi connectivity index (χ0n) is 8.45. The Kier molecular flexibility index (Phi) is 3.12. The highest BCUT2D eigenvalue weighted by Crippen LogP contribution is 2.12. The molecule has 0 aliphatic carbocycles. The third-order valence-electron chi connectivity index (χ3n) is 1.59. The normalized spacial score (nSPS) is 10.5. The van der Waals surface area contributed by atoms with E-state index in [9.17, 15) is 0 Å². The van der Waals surface area contributed by atoms with Crippen LogP contribution in [0.2, 0.25) is 0 Å². The van der Waals surface area contributed by atoms with Crippen LogP contribution in [0.3, 0.4) is 0 Å². The molecule has 1 aromatic rings. The quantitative estimate of drug-likeness (QED) is 0.665. The molecule has 72 valence electrons. The van der Waals surface area contributed by atoms with Gasteiger partial charge in [-0.3, -0.25) is 4.68 Å². The molecule has 0 bridgehead atoms. The Hall–Kier alpha value is -1.25. The van der Waals surface area contributed by atoms with Gasteiger partial charge in [-0.25, -0.2) is 0 Å². The molecule has 1 rings (SSSR count). The molecule has 1 aromatic heterocycles. The van der Waals surface area contributed by atoms with Gasteiger partial charge >= 0.3 is 0 Å². The van der Waals surface area contributed by atoms with Crippen molar-refractivity contribution >= 4 is 0 Å². The van der Waals surface area contributed by atoms with E-state index in [0.717, 1.165) is 11.3 Å². The molecule has 0 aromatic carbocycles. The summed E-state index contributed by atoms with van der Waals surface area (Å²) in [7, 11) is 0. The first-order chi connectivity index (χ1) is 6.09. The molecule has 13 heavy (non-hydrogen) atoms. The minimum atomic E-state index is 0.377. The van der Waals surface area contributed by atoms with Crippen molar-refractivity contribution in [2.45, 2.75) is 26.8 Å². The van der Waals surface area contributed by atoms with Crippen LogP contribution in [0.15, 0.2) is 24.5 Å². The fourth-order valence-electron chi connectivity index (χ4n) is 0.884. The smallest absolute Gasteiger partial charge is 0.157 e. The van der Waals surface area contributed by atoms with Crippen LogP contribution in [-0.2, 0) is 0 Å². The van der Waals surface area contributed by atoms with Crippen LogP contribution in [-0.4, -0.2) is 16.4 Å². The van der Waals surface area contributed by atoms with Gasteiger partial charge in [0.25, 0.3) is 0 Å². The molecule has 3 heteroatoms. The summed E-state index contributed by atoms with van der Waals surface area (Å²) in [4.78, 5) is 0. The molecule has 0 aliphatic heterocycles. The molecule has 0 radical (unpaired) electrons. The average Bonchev–Trinajstić information content (AvgIpc) is 2.48. The lowest BCUT2D eigenvalue weighted by molar-refractivity contribution is 0.351. The summed E-state index contributed by atoms with van der Waals surface area (Å²) < 4.78 is 7.28. The summed E-state index contributed by atoms with van der Waals surface area (Å²) in [5.41, 5.74) is 1.01. The molecule has 0 saturated carbocycles. The number of hydrogen-bond acceptors (Lipinski definition) is 2. The molecule has 0 spiro atoms. The second-order valence-electron chi connectivity index (χ2n) is 3.50. The van der Waals surface area contributed by atoms with Crippen LogP contribution in [0.4, 0.5) is 0 Å². The van der Waals surface area contributed by atoms with Crippen LogP contribution in [0.25, 0.3) is 0 Å². The minimum Gasteiger partial charge on any atom is -0.486 e. The monoisotopic (exact) mass is 180 g/mol. The van der Waals surface area contributed by atoms with Crippen LogP contribution in [0.1, 0.15) is 26.8 Å². The van der Waals surface area contributed by atoms with Gasteiger partial charge in [0.2, 0.25) is 0 Å². The van der Waals surface area contributed by atoms with E-state index in [1.165, 1.54) is 0 Å². The van der Waals surface area contributed by atoms with Gasteiger partial charge in [0, 0.05) is 6.04 Å². The first-order valence-electron chi connectivity index (χ1n) is 4.41. The molecule has 0 saturated heterocycles. The van der Waals surface area contributed by atoms with E-state index in [4.69, 9.17) is 4.74 Å². The third-order valence-corrected chi connectivity index (χ3v) is 1.59. The maximum atomic E-state index is 5.42. The Morgan fingerprint density at radius 2 is 2.38 bits per heavy atom. The Labute approximate surface area is 79.0 Å². The number of ether oxygens (including phenoxy) is 1. The van der Waals surface area contributed by atoms with Crippen LogP contribution >= 0.6 is 0 Å². The van der Waals surface area contributed by atoms with Crippen molar-refractivity contribution in [3.05, 3.63) is 24.5 Å². The molecule has 0 unspecified atom stereocenters. The van der Waals surface area contributed by atoms with Gasteiger partial charge < -0.3 is 4.74 Å². The Bertz CT molecular complexity index is 289. The second-order valence-corrected chi connectivity index (χ2v) is 3.50. The number of aromatic nitrogens is 2. The zero-order valence-corrected chi connectivity index (χ0v) is 8.45. The van der Waals surface area contributed by atoms with Gasteiger partial charge in [-0.2, -0.15) is 5.10 Å². The lowest BCUT2D eigenvalue weighted by Crippen LogP contribution is -2.00. The van der Waals surface area contributed by atoms with Crippen molar-refractivity contribution in [3.8, 4) is 5.75 Å². The molecule has 0 aliphatic rings. The van der Waals surface area contributed by atoms with Gasteiger partial charge in [0.05, 0.1) is 12.4 Å². The van der Waals surface area contributed by atoms with E-state index in [1.54, 1.807) is 6.20 Å². The maximum absolute atomic E-state index is 5.42. The van der Waals surface area contributed by atoms with Gasteiger partial charge in [-0.1, -0.05) is 6.58 Å². The highest BCUT2D eigenvalue weighted by molar-refractivity contribution is 5.13. The highest BCUT2D eigenvalue weighted by Gasteiger charge is 2.01. The summed E-state index contributed by atoms with van der Waals surface area (Å²) in [6.45, 7) is 10.4. The largest absolute Gasteiger partial charge is 0.486 e. The second kappa shape index (κ2) is 4.12. The van der Waals surface area contributed by atoms with Crippen molar-refractivity contribution < 1.29 is 4.74 Å². The topological polar surface area (TPSA) is 27.1 Å². The summed E-state index contributed by atoms with van der Waals surface area (Å²) in [6.07, 6.45) is 3.62. The summed E-state index contributed by atoms with van der Waals surface area (Å²) >= 11 is 0. The first-order valence-corrected chi connectivity index (χ1v) is 4.41. The van der Waals surface area contributed by atoms with E-state index in [1.807, 2.05) is 17.8 Å². The van der Waals surface area contributed by atoms with Crippen LogP contribution < -0.4 is 4.74 Å². The summed E-state index contributed by atoms with van der Waals surface area (Å²) in [5.74, 6) is 0.803. The van der Waals surface area contributed by atoms with Gasteiger partial charge in [0.1, 0.15) is 6.61 Å². The highest BCUT2D eigenvalue weighted by atomic mass is 16.5. The average molecular weight is 180 g/mol. The van der Waals surface area contributed by atoms with Gasteiger partial charge in [-0.15, -0.1) is 0 Å². The number of hydrogen-bond donors (Lipinski definition) is 0. The van der Waals surface area contributed by atoms with Crippen molar-refractivity contribution in [1.82, 2.24) is 9.78 Å². The lowest BCUT2D eigenvalue weighted by Gasteiger charge is -2.03. The molecule has 0 amide bonds. The SMILES string of the molecule is C=C(C)COc1cnn(C(C)C)c1. The van der Waals surface area contributed by atoms with Gasteiger partial charge in [0.15, 0.2) is 5.75 Å². The predicted octanol–water partition coefficient (Wildman–Crippen LogP) is 2.42. The Morgan fingerprint density at radius 3 is 2.85 bits per heavy atom. The molecule has 3 nitrogen and oxygen atoms in total. The van der Waals surface area contributed by atoms with E-state index < -0.39 is 0 Å². The molecular weight excluding hydrogens is 164 g/mol. The zero-order chi connectivity index (χ0) is 9.84. The van der Waals surface area contributed by atoms with Gasteiger partial charge in [-0.05, 0) is 26.3 Å². The first kappa shape index (κ1) is 9.84. The molecule has 0 fully saturated rings. The van der Waals surface area contributed by atoms with Crippen molar-refractivity contribution in [3.63, 3.8) is 0 Å². The molecule has 0 atom stereocenters. The third kappa shape index (κ3) is 2.93. The maximum Gasteiger partial charge on any atom is 0.157 e. The number of rotatable bonds is 4. The van der Waals surface area contributed by atoms with Crippen molar-refractivity contribution in [2.24, 2.45) is 0 Å². The molecule has 1 heterocycles. The lowest BCUT2D eigenvalue weighted by atomic mass is 10.4. The summed E-state index contributed by atoms with van der Waals surface area (Å²) in [5, 5.41) is 4.16. The fourth-order valence-corrected chi connectivity index (χ4v) is 0.884. The van der Waals surface area contributed by atoms with Crippen LogP contribution in [0, 0.1) is 0 Å². The fraction of sp³-hybridized carbons (Fsp3) is 0.500. The predicted molar refractivity (Wildman–Crippen MR) is 52.9 cm³/mol. The van der Waals surface area contributed by atoms with E-state index in [0.29, 0.717) is 12.6 Å². The van der Waals surface area contributed by atoms with Crippen LogP contribution in [0.5, 0.6) is 5.75 Å². The number of nitrogens with zero attached hydrogens (tertiary/aromatic N) is 2. The van der Waals surface area contributed by atoms with Crippen molar-refractivity contribution in [1.29, 1.82) is 0 Å². The Morgan fingerprint density at radius 1 is 1.69 bits per heavy atom. The summed E-state index contributed by atoms with van der Waals surface area (Å²) in [6, 6.07) is 0.377. The van der Waals surface area contributed by atoms with E-state index in [-0.39, 0.29) is 0 Å². The molecule has 0 N–H and O–H groups in total. The molecular formula is C10H16N2O. The standard InChI is InChI=1S/C10H16N2O/c1-8(2)7-13-10-5-11-12(6-10)9(3)4/h5-6,9H,1,7H2,2-4H3. The Balaban J connectivity index is 2.54. The van der Waals surface area contributed by atoms with E-state index in [2.05, 4.69) is 25.5 Å². The minimum absolute atomic E-state index is 0.377. The van der Waals surface area contributed by atoms with E-state index >= 15 is 0 Å².